The summed E-state index contributed by atoms with van der Waals surface area (Å²) in [6.07, 6.45) is 0.987. The highest BCUT2D eigenvalue weighted by Crippen LogP contribution is 2.35. The number of hydrogen-bond acceptors (Lipinski definition) is 6. The van der Waals surface area contributed by atoms with E-state index in [4.69, 9.17) is 10.2 Å². The van der Waals surface area contributed by atoms with Crippen molar-refractivity contribution in [2.45, 2.75) is 9.92 Å². The van der Waals surface area contributed by atoms with Crippen LogP contribution in [-0.2, 0) is 0 Å². The highest BCUT2D eigenvalue weighted by atomic mass is 32.2. The van der Waals surface area contributed by atoms with Crippen LogP contribution in [0.5, 0.6) is 0 Å². The van der Waals surface area contributed by atoms with E-state index >= 15 is 0 Å². The summed E-state index contributed by atoms with van der Waals surface area (Å²) in [7, 11) is 0. The number of carboxylic acids is 2. The molecule has 8 nitrogen and oxygen atoms in total. The Bertz CT molecular complexity index is 777. The topological polar surface area (TPSA) is 131 Å². The van der Waals surface area contributed by atoms with Crippen molar-refractivity contribution in [3.05, 3.63) is 57.8 Å². The summed E-state index contributed by atoms with van der Waals surface area (Å²) >= 11 is 0.791. The standard InChI is InChI=1S/C13H8N2O6S/c16-12(17)7-5-9(15(20)21)11(14-6-7)22-10-4-2-1-3-8(10)13(18)19/h1-6H,(H,16,17)(H,18,19). The first-order valence-electron chi connectivity index (χ1n) is 5.78. The molecule has 0 aliphatic carbocycles. The van der Waals surface area contributed by atoms with Crippen LogP contribution in [0.2, 0.25) is 0 Å². The molecule has 1 heterocycles. The van der Waals surface area contributed by atoms with Gasteiger partial charge in [0, 0.05) is 17.2 Å². The molecular weight excluding hydrogens is 312 g/mol. The van der Waals surface area contributed by atoms with Crippen LogP contribution in [0.25, 0.3) is 0 Å². The molecule has 0 aliphatic rings. The van der Waals surface area contributed by atoms with Crippen LogP contribution in [0.4, 0.5) is 5.69 Å². The van der Waals surface area contributed by atoms with Gasteiger partial charge in [-0.25, -0.2) is 14.6 Å². The number of benzene rings is 1. The van der Waals surface area contributed by atoms with E-state index in [9.17, 15) is 19.7 Å². The van der Waals surface area contributed by atoms with Crippen molar-refractivity contribution in [3.63, 3.8) is 0 Å². The Morgan fingerprint density at radius 2 is 1.86 bits per heavy atom. The van der Waals surface area contributed by atoms with Crippen LogP contribution >= 0.6 is 11.8 Å². The molecule has 0 radical (unpaired) electrons. The van der Waals surface area contributed by atoms with Crippen molar-refractivity contribution in [2.24, 2.45) is 0 Å². The number of pyridine rings is 1. The Kier molecular flexibility index (Phi) is 4.37. The fraction of sp³-hybridized carbons (Fsp3) is 0. The van der Waals surface area contributed by atoms with Gasteiger partial charge in [-0.2, -0.15) is 0 Å². The zero-order valence-electron chi connectivity index (χ0n) is 10.8. The molecule has 0 saturated carbocycles. The average molecular weight is 320 g/mol. The number of carboxylic acid groups (broad SMARTS) is 2. The summed E-state index contributed by atoms with van der Waals surface area (Å²) in [5.41, 5.74) is -0.835. The molecule has 0 bridgehead atoms. The number of aromatic carboxylic acids is 2. The molecule has 1 aromatic heterocycles. The van der Waals surface area contributed by atoms with Crippen molar-refractivity contribution in [1.29, 1.82) is 0 Å². The zero-order chi connectivity index (χ0) is 16.3. The highest BCUT2D eigenvalue weighted by molar-refractivity contribution is 7.99. The molecule has 0 amide bonds. The Morgan fingerprint density at radius 1 is 1.18 bits per heavy atom. The molecule has 0 atom stereocenters. The average Bonchev–Trinajstić information content (AvgIpc) is 2.47. The Morgan fingerprint density at radius 3 is 2.45 bits per heavy atom. The maximum absolute atomic E-state index is 11.1. The zero-order valence-corrected chi connectivity index (χ0v) is 11.6. The second-order valence-corrected chi connectivity index (χ2v) is 5.04. The molecule has 2 N–H and O–H groups in total. The Balaban J connectivity index is 2.48. The van der Waals surface area contributed by atoms with Crippen molar-refractivity contribution in [2.75, 3.05) is 0 Å². The van der Waals surface area contributed by atoms with Gasteiger partial charge in [0.05, 0.1) is 16.1 Å². The molecule has 112 valence electrons. The van der Waals surface area contributed by atoms with Crippen molar-refractivity contribution >= 4 is 29.4 Å². The lowest BCUT2D eigenvalue weighted by atomic mass is 10.2. The molecule has 0 saturated heterocycles. The van der Waals surface area contributed by atoms with E-state index in [1.54, 1.807) is 6.07 Å². The van der Waals surface area contributed by atoms with Gasteiger partial charge in [0.1, 0.15) is 0 Å². The summed E-state index contributed by atoms with van der Waals surface area (Å²) in [5.74, 6) is -2.51. The lowest BCUT2D eigenvalue weighted by Gasteiger charge is -2.06. The second kappa shape index (κ2) is 6.22. The number of aromatic nitrogens is 1. The number of hydrogen-bond donors (Lipinski definition) is 2. The third-order valence-electron chi connectivity index (χ3n) is 2.60. The van der Waals surface area contributed by atoms with E-state index in [0.29, 0.717) is 0 Å². The number of nitro groups is 1. The predicted octanol–water partition coefficient (Wildman–Crippen LogP) is 2.54. The van der Waals surface area contributed by atoms with E-state index in [1.165, 1.54) is 18.2 Å². The summed E-state index contributed by atoms with van der Waals surface area (Å²) in [6.45, 7) is 0. The van der Waals surface area contributed by atoms with Crippen LogP contribution in [0.3, 0.4) is 0 Å². The monoisotopic (exact) mass is 320 g/mol. The first-order chi connectivity index (χ1) is 10.4. The quantitative estimate of drug-likeness (QED) is 0.634. The van der Waals surface area contributed by atoms with Gasteiger partial charge in [0.25, 0.3) is 0 Å². The van der Waals surface area contributed by atoms with Gasteiger partial charge < -0.3 is 10.2 Å². The summed E-state index contributed by atoms with van der Waals surface area (Å²) in [6, 6.07) is 6.86. The van der Waals surface area contributed by atoms with Crippen LogP contribution in [0.1, 0.15) is 20.7 Å². The summed E-state index contributed by atoms with van der Waals surface area (Å²) < 4.78 is 0. The number of rotatable bonds is 5. The molecule has 0 spiro atoms. The van der Waals surface area contributed by atoms with Crippen molar-refractivity contribution in [1.82, 2.24) is 4.98 Å². The SMILES string of the molecule is O=C(O)c1cnc(Sc2ccccc2C(=O)O)c([N+](=O)[O-])c1. The Hall–Kier alpha value is -2.94. The lowest BCUT2D eigenvalue weighted by Crippen LogP contribution is -2.02. The molecular formula is C13H8N2O6S. The van der Waals surface area contributed by atoms with E-state index < -0.39 is 22.5 Å². The minimum atomic E-state index is -1.34. The second-order valence-electron chi connectivity index (χ2n) is 4.01. The molecule has 0 unspecified atom stereocenters. The van der Waals surface area contributed by atoms with Gasteiger partial charge in [-0.1, -0.05) is 23.9 Å². The fourth-order valence-electron chi connectivity index (χ4n) is 1.60. The molecule has 2 rings (SSSR count). The highest BCUT2D eigenvalue weighted by Gasteiger charge is 2.21. The van der Waals surface area contributed by atoms with Gasteiger partial charge in [-0.05, 0) is 12.1 Å². The van der Waals surface area contributed by atoms with E-state index in [0.717, 1.165) is 24.0 Å². The Labute approximate surface area is 127 Å². The van der Waals surface area contributed by atoms with Crippen molar-refractivity contribution < 1.29 is 24.7 Å². The number of carbonyl (C=O) groups is 2. The van der Waals surface area contributed by atoms with Crippen LogP contribution in [0, 0.1) is 10.1 Å². The normalized spacial score (nSPS) is 10.2. The minimum Gasteiger partial charge on any atom is -0.478 e. The maximum Gasteiger partial charge on any atom is 0.337 e. The van der Waals surface area contributed by atoms with E-state index in [1.807, 2.05) is 0 Å². The summed E-state index contributed by atoms with van der Waals surface area (Å²) in [4.78, 5) is 36.3. The van der Waals surface area contributed by atoms with Gasteiger partial charge in [-0.3, -0.25) is 10.1 Å². The van der Waals surface area contributed by atoms with E-state index in [-0.39, 0.29) is 21.0 Å². The number of nitrogens with zero attached hydrogens (tertiary/aromatic N) is 2. The smallest absolute Gasteiger partial charge is 0.337 e. The van der Waals surface area contributed by atoms with Gasteiger partial charge in [-0.15, -0.1) is 0 Å². The van der Waals surface area contributed by atoms with E-state index in [2.05, 4.69) is 4.98 Å². The van der Waals surface area contributed by atoms with Crippen LogP contribution in [-0.4, -0.2) is 32.1 Å². The molecule has 0 aliphatic heterocycles. The van der Waals surface area contributed by atoms with Crippen LogP contribution < -0.4 is 0 Å². The first kappa shape index (κ1) is 15.4. The van der Waals surface area contributed by atoms with Crippen molar-refractivity contribution in [3.8, 4) is 0 Å². The summed E-state index contributed by atoms with van der Waals surface area (Å²) in [5, 5.41) is 28.9. The molecule has 1 aromatic carbocycles. The molecule has 9 heteroatoms. The molecule has 2 aromatic rings. The predicted molar refractivity (Wildman–Crippen MR) is 75.4 cm³/mol. The van der Waals surface area contributed by atoms with Gasteiger partial charge in [0.2, 0.25) is 0 Å². The third-order valence-corrected chi connectivity index (χ3v) is 3.68. The third kappa shape index (κ3) is 3.20. The molecule has 22 heavy (non-hydrogen) atoms. The maximum atomic E-state index is 11.1. The largest absolute Gasteiger partial charge is 0.478 e. The minimum absolute atomic E-state index is 0.0223. The van der Waals surface area contributed by atoms with Crippen LogP contribution in [0.15, 0.2) is 46.5 Å². The molecule has 0 fully saturated rings. The van der Waals surface area contributed by atoms with Gasteiger partial charge in [0.15, 0.2) is 5.03 Å². The first-order valence-corrected chi connectivity index (χ1v) is 6.59. The van der Waals surface area contributed by atoms with Gasteiger partial charge >= 0.3 is 17.6 Å². The lowest BCUT2D eigenvalue weighted by molar-refractivity contribution is -0.388. The fourth-order valence-corrected chi connectivity index (χ4v) is 2.57.